The van der Waals surface area contributed by atoms with Crippen molar-refractivity contribution in [3.8, 4) is 5.75 Å². The standard InChI is InChI=1S/C14H14F3NO4/c1-9(19)18-5-3-2-4-10-6-11(13(20)21)8-12(7-10)22-14(15,16)17/h2,4,6-8H,3,5H2,1H3,(H,18,19)(H,20,21). The fourth-order valence-corrected chi connectivity index (χ4v) is 1.59. The van der Waals surface area contributed by atoms with Gasteiger partial charge in [0.2, 0.25) is 5.91 Å². The number of nitrogens with one attached hydrogen (secondary N) is 1. The highest BCUT2D eigenvalue weighted by atomic mass is 19.4. The van der Waals surface area contributed by atoms with Gasteiger partial charge in [0.1, 0.15) is 5.75 Å². The first kappa shape index (κ1) is 17.5. The van der Waals surface area contributed by atoms with Gasteiger partial charge >= 0.3 is 12.3 Å². The van der Waals surface area contributed by atoms with Gasteiger partial charge < -0.3 is 15.2 Å². The van der Waals surface area contributed by atoms with Crippen LogP contribution >= 0.6 is 0 Å². The zero-order valence-corrected chi connectivity index (χ0v) is 11.6. The SMILES string of the molecule is CC(=O)NCCC=Cc1cc(OC(F)(F)F)cc(C(=O)O)c1. The predicted octanol–water partition coefficient (Wildman–Crippen LogP) is 2.82. The van der Waals surface area contributed by atoms with Crippen LogP contribution in [0.15, 0.2) is 24.3 Å². The van der Waals surface area contributed by atoms with Crippen molar-refractivity contribution < 1.29 is 32.6 Å². The van der Waals surface area contributed by atoms with Crippen molar-refractivity contribution in [3.05, 3.63) is 35.4 Å². The van der Waals surface area contributed by atoms with Crippen LogP contribution in [0.2, 0.25) is 0 Å². The number of alkyl halides is 3. The van der Waals surface area contributed by atoms with E-state index in [1.165, 1.54) is 19.1 Å². The molecule has 1 aromatic carbocycles. The number of hydrogen-bond donors (Lipinski definition) is 2. The third-order valence-electron chi connectivity index (χ3n) is 2.40. The van der Waals surface area contributed by atoms with Gasteiger partial charge in [-0.1, -0.05) is 12.2 Å². The minimum absolute atomic E-state index is 0.192. The van der Waals surface area contributed by atoms with Crippen molar-refractivity contribution in [2.45, 2.75) is 19.7 Å². The van der Waals surface area contributed by atoms with Gasteiger partial charge in [-0.25, -0.2) is 4.79 Å². The minimum Gasteiger partial charge on any atom is -0.478 e. The number of ether oxygens (including phenoxy) is 1. The molecule has 0 fully saturated rings. The van der Waals surface area contributed by atoms with E-state index in [1.807, 2.05) is 0 Å². The summed E-state index contributed by atoms with van der Waals surface area (Å²) in [5.74, 6) is -2.16. The van der Waals surface area contributed by atoms with E-state index < -0.39 is 18.1 Å². The van der Waals surface area contributed by atoms with E-state index in [1.54, 1.807) is 6.08 Å². The van der Waals surface area contributed by atoms with Crippen molar-refractivity contribution in [1.29, 1.82) is 0 Å². The van der Waals surface area contributed by atoms with Crippen LogP contribution in [-0.2, 0) is 4.79 Å². The lowest BCUT2D eigenvalue weighted by molar-refractivity contribution is -0.274. The first-order chi connectivity index (χ1) is 10.2. The summed E-state index contributed by atoms with van der Waals surface area (Å²) < 4.78 is 40.4. The van der Waals surface area contributed by atoms with Gasteiger partial charge in [0.25, 0.3) is 0 Å². The monoisotopic (exact) mass is 317 g/mol. The normalized spacial score (nSPS) is 11.5. The Morgan fingerprint density at radius 3 is 2.55 bits per heavy atom. The summed E-state index contributed by atoms with van der Waals surface area (Å²) in [4.78, 5) is 21.6. The molecular formula is C14H14F3NO4. The zero-order valence-electron chi connectivity index (χ0n) is 11.6. The Morgan fingerprint density at radius 2 is 2.00 bits per heavy atom. The van der Waals surface area contributed by atoms with Gasteiger partial charge in [-0.2, -0.15) is 0 Å². The lowest BCUT2D eigenvalue weighted by Crippen LogP contribution is -2.20. The molecule has 0 spiro atoms. The molecule has 2 N–H and O–H groups in total. The minimum atomic E-state index is -4.90. The van der Waals surface area contributed by atoms with E-state index in [0.717, 1.165) is 12.1 Å². The highest BCUT2D eigenvalue weighted by Gasteiger charge is 2.31. The molecule has 0 atom stereocenters. The van der Waals surface area contributed by atoms with Gasteiger partial charge in [0, 0.05) is 13.5 Å². The molecule has 5 nitrogen and oxygen atoms in total. The van der Waals surface area contributed by atoms with Crippen LogP contribution in [-0.4, -0.2) is 29.9 Å². The van der Waals surface area contributed by atoms with E-state index in [0.29, 0.717) is 13.0 Å². The van der Waals surface area contributed by atoms with Crippen LogP contribution in [0.1, 0.15) is 29.3 Å². The van der Waals surface area contributed by atoms with Crippen LogP contribution in [0.3, 0.4) is 0 Å². The number of aromatic carboxylic acids is 1. The van der Waals surface area contributed by atoms with Crippen LogP contribution in [0.25, 0.3) is 6.08 Å². The quantitative estimate of drug-likeness (QED) is 0.791. The number of benzene rings is 1. The van der Waals surface area contributed by atoms with Gasteiger partial charge in [0.05, 0.1) is 5.56 Å². The van der Waals surface area contributed by atoms with Crippen LogP contribution in [0, 0.1) is 0 Å². The third kappa shape index (κ3) is 6.78. The second kappa shape index (κ2) is 7.48. The van der Waals surface area contributed by atoms with Crippen molar-refractivity contribution >= 4 is 18.0 Å². The molecule has 0 aliphatic heterocycles. The maximum atomic E-state index is 12.2. The van der Waals surface area contributed by atoms with E-state index >= 15 is 0 Å². The number of rotatable bonds is 6. The van der Waals surface area contributed by atoms with E-state index in [4.69, 9.17) is 5.11 Å². The molecule has 0 bridgehead atoms. The molecule has 0 aromatic heterocycles. The Hall–Kier alpha value is -2.51. The van der Waals surface area contributed by atoms with Crippen LogP contribution in [0.4, 0.5) is 13.2 Å². The molecule has 0 aliphatic carbocycles. The molecule has 1 rings (SSSR count). The molecule has 1 amide bonds. The van der Waals surface area contributed by atoms with Crippen molar-refractivity contribution in [3.63, 3.8) is 0 Å². The number of carbonyl (C=O) groups excluding carboxylic acids is 1. The summed E-state index contributed by atoms with van der Waals surface area (Å²) in [6, 6.07) is 3.10. The lowest BCUT2D eigenvalue weighted by atomic mass is 10.1. The molecule has 8 heteroatoms. The third-order valence-corrected chi connectivity index (χ3v) is 2.40. The van der Waals surface area contributed by atoms with Crippen molar-refractivity contribution in [1.82, 2.24) is 5.32 Å². The molecule has 0 heterocycles. The molecule has 0 saturated carbocycles. The summed E-state index contributed by atoms with van der Waals surface area (Å²) in [6.45, 7) is 1.73. The number of hydrogen-bond acceptors (Lipinski definition) is 3. The maximum absolute atomic E-state index is 12.2. The second-order valence-electron chi connectivity index (χ2n) is 4.32. The van der Waals surface area contributed by atoms with E-state index in [-0.39, 0.29) is 17.0 Å². The molecule has 0 saturated heterocycles. The number of amides is 1. The topological polar surface area (TPSA) is 75.6 Å². The highest BCUT2D eigenvalue weighted by molar-refractivity contribution is 5.89. The molecule has 1 aromatic rings. The summed E-state index contributed by atoms with van der Waals surface area (Å²) in [7, 11) is 0. The molecule has 0 unspecified atom stereocenters. The number of carboxylic acid groups (broad SMARTS) is 1. The molecular weight excluding hydrogens is 303 g/mol. The van der Waals surface area contributed by atoms with Gasteiger partial charge in [0.15, 0.2) is 0 Å². The Morgan fingerprint density at radius 1 is 1.32 bits per heavy atom. The summed E-state index contributed by atoms with van der Waals surface area (Å²) >= 11 is 0. The first-order valence-corrected chi connectivity index (χ1v) is 6.22. The molecule has 0 aliphatic rings. The number of halogens is 3. The molecule has 120 valence electrons. The first-order valence-electron chi connectivity index (χ1n) is 6.22. The van der Waals surface area contributed by atoms with Gasteiger partial charge in [-0.15, -0.1) is 13.2 Å². The van der Waals surface area contributed by atoms with Crippen molar-refractivity contribution in [2.75, 3.05) is 6.54 Å². The van der Waals surface area contributed by atoms with E-state index in [9.17, 15) is 22.8 Å². The second-order valence-corrected chi connectivity index (χ2v) is 4.32. The zero-order chi connectivity index (χ0) is 16.8. The van der Waals surface area contributed by atoms with Gasteiger partial charge in [-0.05, 0) is 30.2 Å². The Balaban J connectivity index is 2.86. The average molecular weight is 317 g/mol. The lowest BCUT2D eigenvalue weighted by Gasteiger charge is -2.10. The fraction of sp³-hybridized carbons (Fsp3) is 0.286. The Labute approximate surface area is 124 Å². The Bertz CT molecular complexity index is 582. The van der Waals surface area contributed by atoms with E-state index in [2.05, 4.69) is 10.1 Å². The number of carbonyl (C=O) groups is 2. The predicted molar refractivity (Wildman–Crippen MR) is 72.4 cm³/mol. The van der Waals surface area contributed by atoms with Crippen molar-refractivity contribution in [2.24, 2.45) is 0 Å². The average Bonchev–Trinajstić information content (AvgIpc) is 2.35. The van der Waals surface area contributed by atoms with Crippen LogP contribution in [0.5, 0.6) is 5.75 Å². The fourth-order valence-electron chi connectivity index (χ4n) is 1.59. The maximum Gasteiger partial charge on any atom is 0.573 e. The smallest absolute Gasteiger partial charge is 0.478 e. The molecule has 0 radical (unpaired) electrons. The van der Waals surface area contributed by atoms with Crippen LogP contribution < -0.4 is 10.1 Å². The highest BCUT2D eigenvalue weighted by Crippen LogP contribution is 2.25. The Kier molecular flexibility index (Phi) is 5.97. The number of carboxylic acids is 1. The largest absolute Gasteiger partial charge is 0.573 e. The summed E-state index contributed by atoms with van der Waals surface area (Å²) in [6.07, 6.45) is -1.39. The summed E-state index contributed by atoms with van der Waals surface area (Å²) in [5.41, 5.74) is -0.0646. The molecule has 22 heavy (non-hydrogen) atoms. The van der Waals surface area contributed by atoms with Gasteiger partial charge in [-0.3, -0.25) is 4.79 Å². The summed E-state index contributed by atoms with van der Waals surface area (Å²) in [5, 5.41) is 11.4.